The number of aromatic nitrogens is 4. The number of hydrogen-bond acceptors (Lipinski definition) is 5. The standard InChI is InChI=1S/C13H16FN5O/c1-7-10(14)5-9(6-11(7)15)13-16-17-18-19(13)12-3-4-20-8(12)2/h5-6,8,12H,3-4,15H2,1-2H3. The van der Waals surface area contributed by atoms with Crippen LogP contribution < -0.4 is 5.73 Å². The molecule has 2 unspecified atom stereocenters. The van der Waals surface area contributed by atoms with Crippen molar-refractivity contribution in [3.8, 4) is 11.4 Å². The summed E-state index contributed by atoms with van der Waals surface area (Å²) >= 11 is 0. The van der Waals surface area contributed by atoms with Crippen molar-refractivity contribution in [2.45, 2.75) is 32.4 Å². The van der Waals surface area contributed by atoms with Crippen LogP contribution in [0.2, 0.25) is 0 Å². The van der Waals surface area contributed by atoms with Gasteiger partial charge in [-0.1, -0.05) is 0 Å². The Morgan fingerprint density at radius 1 is 1.45 bits per heavy atom. The summed E-state index contributed by atoms with van der Waals surface area (Å²) in [5, 5.41) is 11.7. The fraction of sp³-hybridized carbons (Fsp3) is 0.462. The number of rotatable bonds is 2. The zero-order valence-corrected chi connectivity index (χ0v) is 11.4. The van der Waals surface area contributed by atoms with Crippen LogP contribution in [0.15, 0.2) is 12.1 Å². The Kier molecular flexibility index (Phi) is 3.13. The number of ether oxygens (including phenoxy) is 1. The van der Waals surface area contributed by atoms with E-state index in [-0.39, 0.29) is 18.0 Å². The summed E-state index contributed by atoms with van der Waals surface area (Å²) in [6, 6.07) is 3.17. The third-order valence-electron chi connectivity index (χ3n) is 3.79. The van der Waals surface area contributed by atoms with Crippen molar-refractivity contribution in [3.63, 3.8) is 0 Å². The minimum atomic E-state index is -0.356. The van der Waals surface area contributed by atoms with Crippen LogP contribution in [0, 0.1) is 12.7 Å². The third-order valence-corrected chi connectivity index (χ3v) is 3.79. The Hall–Kier alpha value is -2.02. The Morgan fingerprint density at radius 3 is 2.90 bits per heavy atom. The van der Waals surface area contributed by atoms with E-state index in [2.05, 4.69) is 15.5 Å². The minimum absolute atomic E-state index is 0.0323. The van der Waals surface area contributed by atoms with Gasteiger partial charge in [0.15, 0.2) is 5.82 Å². The van der Waals surface area contributed by atoms with Crippen LogP contribution >= 0.6 is 0 Å². The topological polar surface area (TPSA) is 78.9 Å². The first-order valence-electron chi connectivity index (χ1n) is 6.53. The molecule has 0 amide bonds. The molecule has 1 aliphatic heterocycles. The van der Waals surface area contributed by atoms with E-state index in [1.165, 1.54) is 6.07 Å². The Morgan fingerprint density at radius 2 is 2.25 bits per heavy atom. The summed E-state index contributed by atoms with van der Waals surface area (Å²) in [4.78, 5) is 0. The molecule has 2 heterocycles. The predicted molar refractivity (Wildman–Crippen MR) is 71.4 cm³/mol. The van der Waals surface area contributed by atoms with Gasteiger partial charge in [0.1, 0.15) is 5.82 Å². The average Bonchev–Trinajstić information content (AvgIpc) is 3.03. The lowest BCUT2D eigenvalue weighted by molar-refractivity contribution is 0.105. The normalized spacial score (nSPS) is 22.4. The number of nitrogens with two attached hydrogens (primary N) is 1. The van der Waals surface area contributed by atoms with Crippen LogP contribution in [0.4, 0.5) is 10.1 Å². The molecule has 0 radical (unpaired) electrons. The number of nitrogens with zero attached hydrogens (tertiary/aromatic N) is 4. The van der Waals surface area contributed by atoms with Gasteiger partial charge in [-0.3, -0.25) is 0 Å². The maximum atomic E-state index is 13.8. The van der Waals surface area contributed by atoms with Gasteiger partial charge in [0.2, 0.25) is 0 Å². The molecule has 0 saturated carbocycles. The van der Waals surface area contributed by atoms with Gasteiger partial charge in [-0.15, -0.1) is 5.10 Å². The van der Waals surface area contributed by atoms with Crippen molar-refractivity contribution in [2.75, 3.05) is 12.3 Å². The molecule has 2 aromatic rings. The van der Waals surface area contributed by atoms with E-state index in [4.69, 9.17) is 10.5 Å². The Balaban J connectivity index is 2.05. The van der Waals surface area contributed by atoms with E-state index < -0.39 is 0 Å². The highest BCUT2D eigenvalue weighted by Gasteiger charge is 2.29. The molecule has 0 bridgehead atoms. The van der Waals surface area contributed by atoms with E-state index >= 15 is 0 Å². The SMILES string of the molecule is Cc1c(N)cc(-c2nnnn2C2CCOC2C)cc1F. The molecule has 0 aliphatic carbocycles. The fourth-order valence-corrected chi connectivity index (χ4v) is 2.48. The quantitative estimate of drug-likeness (QED) is 0.845. The van der Waals surface area contributed by atoms with E-state index in [9.17, 15) is 4.39 Å². The highest BCUT2D eigenvalue weighted by Crippen LogP contribution is 2.30. The number of nitrogen functional groups attached to an aromatic ring is 1. The lowest BCUT2D eigenvalue weighted by atomic mass is 10.1. The average molecular weight is 277 g/mol. The molecule has 6 nitrogen and oxygen atoms in total. The van der Waals surface area contributed by atoms with Crippen LogP contribution in [0.25, 0.3) is 11.4 Å². The Labute approximate surface area is 115 Å². The number of benzene rings is 1. The minimum Gasteiger partial charge on any atom is -0.398 e. The third kappa shape index (κ3) is 2.03. The summed E-state index contributed by atoms with van der Waals surface area (Å²) < 4.78 is 21.1. The molecule has 2 atom stereocenters. The molecule has 1 aromatic heterocycles. The van der Waals surface area contributed by atoms with Gasteiger partial charge in [-0.05, 0) is 42.8 Å². The summed E-state index contributed by atoms with van der Waals surface area (Å²) in [6.45, 7) is 4.30. The van der Waals surface area contributed by atoms with Crippen molar-refractivity contribution in [3.05, 3.63) is 23.5 Å². The second-order valence-corrected chi connectivity index (χ2v) is 5.05. The van der Waals surface area contributed by atoms with Gasteiger partial charge in [-0.25, -0.2) is 9.07 Å². The summed E-state index contributed by atoms with van der Waals surface area (Å²) in [5.74, 6) is 0.156. The number of anilines is 1. The van der Waals surface area contributed by atoms with Crippen LogP contribution in [0.3, 0.4) is 0 Å². The van der Waals surface area contributed by atoms with Gasteiger partial charge in [0.05, 0.1) is 12.1 Å². The van der Waals surface area contributed by atoms with Crippen LogP contribution in [-0.4, -0.2) is 32.9 Å². The molecule has 0 spiro atoms. The maximum Gasteiger partial charge on any atom is 0.182 e. The van der Waals surface area contributed by atoms with Crippen LogP contribution in [-0.2, 0) is 4.74 Å². The highest BCUT2D eigenvalue weighted by atomic mass is 19.1. The van der Waals surface area contributed by atoms with Crippen molar-refractivity contribution in [1.29, 1.82) is 0 Å². The van der Waals surface area contributed by atoms with Gasteiger partial charge in [0.25, 0.3) is 0 Å². The number of tetrazole rings is 1. The van der Waals surface area contributed by atoms with Gasteiger partial charge < -0.3 is 10.5 Å². The monoisotopic (exact) mass is 277 g/mol. The summed E-state index contributed by atoms with van der Waals surface area (Å²) in [7, 11) is 0. The van der Waals surface area contributed by atoms with Crippen molar-refractivity contribution in [1.82, 2.24) is 20.2 Å². The van der Waals surface area contributed by atoms with Crippen molar-refractivity contribution >= 4 is 5.69 Å². The van der Waals surface area contributed by atoms with E-state index in [1.807, 2.05) is 6.92 Å². The maximum absolute atomic E-state index is 13.8. The van der Waals surface area contributed by atoms with E-state index in [0.717, 1.165) is 6.42 Å². The van der Waals surface area contributed by atoms with Gasteiger partial charge in [-0.2, -0.15) is 0 Å². The smallest absolute Gasteiger partial charge is 0.182 e. The zero-order chi connectivity index (χ0) is 14.3. The van der Waals surface area contributed by atoms with Crippen LogP contribution in [0.1, 0.15) is 24.9 Å². The molecule has 2 N–H and O–H groups in total. The molecule has 106 valence electrons. The van der Waals surface area contributed by atoms with E-state index in [0.29, 0.717) is 29.2 Å². The first kappa shape index (κ1) is 13.0. The fourth-order valence-electron chi connectivity index (χ4n) is 2.48. The molecule has 7 heteroatoms. The van der Waals surface area contributed by atoms with Crippen molar-refractivity contribution < 1.29 is 9.13 Å². The van der Waals surface area contributed by atoms with Crippen LogP contribution in [0.5, 0.6) is 0 Å². The van der Waals surface area contributed by atoms with Gasteiger partial charge in [0, 0.05) is 23.4 Å². The second-order valence-electron chi connectivity index (χ2n) is 5.05. The molecule has 1 aliphatic rings. The zero-order valence-electron chi connectivity index (χ0n) is 11.4. The first-order chi connectivity index (χ1) is 9.58. The second kappa shape index (κ2) is 4.82. The van der Waals surface area contributed by atoms with Gasteiger partial charge >= 0.3 is 0 Å². The molecule has 1 fully saturated rings. The number of hydrogen-bond donors (Lipinski definition) is 1. The first-order valence-corrected chi connectivity index (χ1v) is 6.53. The molecule has 1 saturated heterocycles. The molecule has 3 rings (SSSR count). The molecular formula is C13H16FN5O. The lowest BCUT2D eigenvalue weighted by Crippen LogP contribution is -2.19. The highest BCUT2D eigenvalue weighted by molar-refractivity contribution is 5.64. The molecule has 20 heavy (non-hydrogen) atoms. The van der Waals surface area contributed by atoms with E-state index in [1.54, 1.807) is 17.7 Å². The molecule has 1 aromatic carbocycles. The number of halogens is 1. The largest absolute Gasteiger partial charge is 0.398 e. The molecular weight excluding hydrogens is 261 g/mol. The predicted octanol–water partition coefficient (Wildman–Crippen LogP) is 1.72. The summed E-state index contributed by atoms with van der Waals surface area (Å²) in [6.07, 6.45) is 0.869. The Bertz CT molecular complexity index is 618. The van der Waals surface area contributed by atoms with Crippen molar-refractivity contribution in [2.24, 2.45) is 0 Å². The lowest BCUT2D eigenvalue weighted by Gasteiger charge is -2.16. The summed E-state index contributed by atoms with van der Waals surface area (Å²) in [5.41, 5.74) is 7.22.